The standard InChI is InChI=1S/C10H14Br2O/c1-8(2)6-4-5-9(8,3)7(13)10(6,11)12/h6H,4-5H2,1-3H3/t6-,9-/m1/s1. The molecule has 0 saturated heterocycles. The van der Waals surface area contributed by atoms with Crippen molar-refractivity contribution in [1.29, 1.82) is 0 Å². The van der Waals surface area contributed by atoms with Crippen LogP contribution in [0.25, 0.3) is 0 Å². The molecular weight excluding hydrogens is 296 g/mol. The van der Waals surface area contributed by atoms with Crippen LogP contribution >= 0.6 is 31.9 Å². The first-order valence-electron chi connectivity index (χ1n) is 4.67. The summed E-state index contributed by atoms with van der Waals surface area (Å²) in [6.45, 7) is 6.54. The van der Waals surface area contributed by atoms with E-state index in [2.05, 4.69) is 52.6 Å². The molecule has 2 saturated carbocycles. The Bertz CT molecular complexity index is 283. The molecule has 0 amide bonds. The van der Waals surface area contributed by atoms with Crippen LogP contribution in [0.3, 0.4) is 0 Å². The van der Waals surface area contributed by atoms with E-state index in [4.69, 9.17) is 0 Å². The number of hydrogen-bond donors (Lipinski definition) is 0. The average Bonchev–Trinajstić information content (AvgIpc) is 2.26. The lowest BCUT2D eigenvalue weighted by molar-refractivity contribution is -0.128. The Kier molecular flexibility index (Phi) is 1.88. The van der Waals surface area contributed by atoms with Crippen molar-refractivity contribution in [3.63, 3.8) is 0 Å². The molecule has 0 unspecified atom stereocenters. The monoisotopic (exact) mass is 308 g/mol. The highest BCUT2D eigenvalue weighted by molar-refractivity contribution is 9.26. The van der Waals surface area contributed by atoms with Crippen molar-refractivity contribution in [3.05, 3.63) is 0 Å². The van der Waals surface area contributed by atoms with Gasteiger partial charge >= 0.3 is 0 Å². The van der Waals surface area contributed by atoms with Crippen LogP contribution in [0, 0.1) is 16.7 Å². The van der Waals surface area contributed by atoms with Crippen molar-refractivity contribution in [2.45, 2.75) is 36.8 Å². The first-order valence-corrected chi connectivity index (χ1v) is 6.26. The summed E-state index contributed by atoms with van der Waals surface area (Å²) in [4.78, 5) is 12.1. The second-order valence-corrected chi connectivity index (χ2v) is 8.66. The van der Waals surface area contributed by atoms with E-state index in [9.17, 15) is 4.79 Å². The molecule has 0 spiro atoms. The lowest BCUT2D eigenvalue weighted by Gasteiger charge is -2.31. The van der Waals surface area contributed by atoms with E-state index >= 15 is 0 Å². The molecule has 0 N–H and O–H groups in total. The Balaban J connectivity index is 2.58. The summed E-state index contributed by atoms with van der Waals surface area (Å²) in [5.74, 6) is 0.763. The fourth-order valence-electron chi connectivity index (χ4n) is 3.07. The van der Waals surface area contributed by atoms with Crippen molar-refractivity contribution in [3.8, 4) is 0 Å². The van der Waals surface area contributed by atoms with Gasteiger partial charge in [-0.3, -0.25) is 4.79 Å². The maximum absolute atomic E-state index is 12.1. The highest BCUT2D eigenvalue weighted by Crippen LogP contribution is 2.70. The number of rotatable bonds is 0. The molecule has 0 aromatic heterocycles. The minimum absolute atomic E-state index is 0.122. The van der Waals surface area contributed by atoms with Crippen molar-refractivity contribution in [1.82, 2.24) is 0 Å². The zero-order chi connectivity index (χ0) is 10.1. The van der Waals surface area contributed by atoms with Crippen LogP contribution in [0.15, 0.2) is 0 Å². The summed E-state index contributed by atoms with van der Waals surface area (Å²) in [6.07, 6.45) is 2.19. The fourth-order valence-corrected chi connectivity index (χ4v) is 5.54. The highest BCUT2D eigenvalue weighted by atomic mass is 79.9. The Labute approximate surface area is 95.9 Å². The molecule has 2 atom stereocenters. The van der Waals surface area contributed by atoms with E-state index in [1.165, 1.54) is 0 Å². The third-order valence-electron chi connectivity index (χ3n) is 4.47. The summed E-state index contributed by atoms with van der Waals surface area (Å²) in [5, 5.41) is 0. The summed E-state index contributed by atoms with van der Waals surface area (Å²) in [7, 11) is 0. The van der Waals surface area contributed by atoms with Gasteiger partial charge in [0.25, 0.3) is 0 Å². The Morgan fingerprint density at radius 2 is 1.85 bits per heavy atom. The molecule has 0 aliphatic heterocycles. The van der Waals surface area contributed by atoms with Crippen LogP contribution in [0.4, 0.5) is 0 Å². The number of hydrogen-bond acceptors (Lipinski definition) is 1. The molecule has 2 aliphatic carbocycles. The third kappa shape index (κ3) is 0.909. The molecule has 0 heterocycles. The topological polar surface area (TPSA) is 17.1 Å². The van der Waals surface area contributed by atoms with Gasteiger partial charge in [0.05, 0.1) is 0 Å². The summed E-state index contributed by atoms with van der Waals surface area (Å²) in [5.41, 5.74) is -0.0122. The number of fused-ring (bicyclic) bond motifs is 2. The van der Waals surface area contributed by atoms with Gasteiger partial charge in [-0.1, -0.05) is 52.6 Å². The normalized spacial score (nSPS) is 45.6. The van der Waals surface area contributed by atoms with Crippen molar-refractivity contribution < 1.29 is 4.79 Å². The van der Waals surface area contributed by atoms with E-state index in [0.717, 1.165) is 12.8 Å². The van der Waals surface area contributed by atoms with Crippen LogP contribution in [-0.2, 0) is 4.79 Å². The lowest BCUT2D eigenvalue weighted by atomic mass is 9.70. The summed E-state index contributed by atoms with van der Waals surface area (Å²) in [6, 6.07) is 0. The molecular formula is C10H14Br2O. The number of carbonyl (C=O) groups is 1. The van der Waals surface area contributed by atoms with Gasteiger partial charge in [-0.05, 0) is 24.2 Å². The molecule has 74 valence electrons. The van der Waals surface area contributed by atoms with Gasteiger partial charge in [0.2, 0.25) is 0 Å². The molecule has 2 bridgehead atoms. The first kappa shape index (κ1) is 10.2. The van der Waals surface area contributed by atoms with Gasteiger partial charge in [0.1, 0.15) is 3.23 Å². The summed E-state index contributed by atoms with van der Waals surface area (Å²) >= 11 is 7.09. The largest absolute Gasteiger partial charge is 0.296 e. The van der Waals surface area contributed by atoms with Crippen molar-refractivity contribution >= 4 is 37.6 Å². The molecule has 13 heavy (non-hydrogen) atoms. The Morgan fingerprint density at radius 1 is 1.31 bits per heavy atom. The predicted octanol–water partition coefficient (Wildman–Crippen LogP) is 3.50. The maximum Gasteiger partial charge on any atom is 0.166 e. The molecule has 0 aromatic carbocycles. The predicted molar refractivity (Wildman–Crippen MR) is 60.2 cm³/mol. The number of carbonyl (C=O) groups excluding carboxylic acids is 1. The van der Waals surface area contributed by atoms with E-state index < -0.39 is 3.23 Å². The number of Topliss-reactive ketones (excluding diaryl/α,β-unsaturated/α-hetero) is 1. The minimum atomic E-state index is -0.448. The summed E-state index contributed by atoms with van der Waals surface area (Å²) < 4.78 is -0.448. The second-order valence-electron chi connectivity index (χ2n) is 5.10. The molecule has 1 nitrogen and oxygen atoms in total. The van der Waals surface area contributed by atoms with E-state index in [1.807, 2.05) is 0 Å². The van der Waals surface area contributed by atoms with Crippen molar-refractivity contribution in [2.24, 2.45) is 16.7 Å². The van der Waals surface area contributed by atoms with Crippen LogP contribution in [-0.4, -0.2) is 9.02 Å². The molecule has 3 heteroatoms. The van der Waals surface area contributed by atoms with Gasteiger partial charge in [0.15, 0.2) is 5.78 Å². The average molecular weight is 310 g/mol. The van der Waals surface area contributed by atoms with E-state index in [0.29, 0.717) is 11.7 Å². The zero-order valence-electron chi connectivity index (χ0n) is 8.16. The van der Waals surface area contributed by atoms with Crippen molar-refractivity contribution in [2.75, 3.05) is 0 Å². The first-order chi connectivity index (χ1) is 5.74. The lowest BCUT2D eigenvalue weighted by Crippen LogP contribution is -2.36. The number of alkyl halides is 2. The highest BCUT2D eigenvalue weighted by Gasteiger charge is 2.71. The molecule has 2 fully saturated rings. The van der Waals surface area contributed by atoms with Crippen LogP contribution in [0.1, 0.15) is 33.6 Å². The second kappa shape index (κ2) is 2.41. The van der Waals surface area contributed by atoms with Gasteiger partial charge in [-0.25, -0.2) is 0 Å². The SMILES string of the molecule is CC1(C)[C@H]2CC[C@]1(C)C(=O)C2(Br)Br. The van der Waals surface area contributed by atoms with Gasteiger partial charge in [-0.2, -0.15) is 0 Å². The molecule has 0 aromatic rings. The smallest absolute Gasteiger partial charge is 0.166 e. The van der Waals surface area contributed by atoms with E-state index in [-0.39, 0.29) is 10.8 Å². The van der Waals surface area contributed by atoms with Crippen LogP contribution in [0.5, 0.6) is 0 Å². The molecule has 2 aliphatic rings. The molecule has 2 rings (SSSR count). The van der Waals surface area contributed by atoms with Gasteiger partial charge in [0, 0.05) is 5.41 Å². The number of halogens is 2. The zero-order valence-corrected chi connectivity index (χ0v) is 11.3. The fraction of sp³-hybridized carbons (Fsp3) is 0.900. The third-order valence-corrected chi connectivity index (χ3v) is 6.29. The van der Waals surface area contributed by atoms with E-state index in [1.54, 1.807) is 0 Å². The number of ketones is 1. The minimum Gasteiger partial charge on any atom is -0.296 e. The van der Waals surface area contributed by atoms with Crippen LogP contribution in [0.2, 0.25) is 0 Å². The Morgan fingerprint density at radius 3 is 2.08 bits per heavy atom. The Hall–Kier alpha value is 0.630. The van der Waals surface area contributed by atoms with Crippen LogP contribution < -0.4 is 0 Å². The molecule has 0 radical (unpaired) electrons. The van der Waals surface area contributed by atoms with Gasteiger partial charge in [-0.15, -0.1) is 0 Å². The van der Waals surface area contributed by atoms with Gasteiger partial charge < -0.3 is 0 Å². The quantitative estimate of drug-likeness (QED) is 0.626. The maximum atomic E-state index is 12.1.